The standard InChI is InChI=1S/C14H10BrN3O5/c1-8-12(17(20)21)6-9(7-13(8)18(22)23)14(19)16-11-4-2-10(15)3-5-11/h2-7H,1H3,(H,16,19). The fraction of sp³-hybridized carbons (Fsp3) is 0.0714. The zero-order valence-corrected chi connectivity index (χ0v) is 13.4. The summed E-state index contributed by atoms with van der Waals surface area (Å²) < 4.78 is 0.817. The Hall–Kier alpha value is -2.81. The third-order valence-electron chi connectivity index (χ3n) is 3.11. The van der Waals surface area contributed by atoms with E-state index in [1.54, 1.807) is 24.3 Å². The minimum atomic E-state index is -0.751. The second-order valence-corrected chi connectivity index (χ2v) is 5.53. The van der Waals surface area contributed by atoms with Crippen molar-refractivity contribution in [1.82, 2.24) is 0 Å². The Labute approximate surface area is 138 Å². The van der Waals surface area contributed by atoms with Crippen LogP contribution in [0.15, 0.2) is 40.9 Å². The highest BCUT2D eigenvalue weighted by Crippen LogP contribution is 2.29. The Morgan fingerprint density at radius 3 is 1.96 bits per heavy atom. The maximum atomic E-state index is 12.2. The highest BCUT2D eigenvalue weighted by Gasteiger charge is 2.25. The minimum Gasteiger partial charge on any atom is -0.322 e. The number of hydrogen-bond acceptors (Lipinski definition) is 5. The van der Waals surface area contributed by atoms with Crippen molar-refractivity contribution in [3.8, 4) is 0 Å². The van der Waals surface area contributed by atoms with Gasteiger partial charge in [0.05, 0.1) is 15.4 Å². The molecule has 0 spiro atoms. The van der Waals surface area contributed by atoms with E-state index in [1.165, 1.54) is 6.92 Å². The molecule has 118 valence electrons. The van der Waals surface area contributed by atoms with Gasteiger partial charge in [0.2, 0.25) is 0 Å². The molecule has 0 aliphatic heterocycles. The van der Waals surface area contributed by atoms with Crippen LogP contribution in [-0.2, 0) is 0 Å². The number of nitro groups is 2. The summed E-state index contributed by atoms with van der Waals surface area (Å²) in [5.41, 5.74) is -0.735. The average molecular weight is 380 g/mol. The van der Waals surface area contributed by atoms with Crippen LogP contribution in [0, 0.1) is 27.2 Å². The predicted molar refractivity (Wildman–Crippen MR) is 86.6 cm³/mol. The third kappa shape index (κ3) is 3.69. The molecule has 0 heterocycles. The van der Waals surface area contributed by atoms with E-state index in [9.17, 15) is 25.0 Å². The van der Waals surface area contributed by atoms with Gasteiger partial charge in [-0.15, -0.1) is 0 Å². The van der Waals surface area contributed by atoms with Gasteiger partial charge in [-0.05, 0) is 31.2 Å². The lowest BCUT2D eigenvalue weighted by molar-refractivity contribution is -0.395. The molecule has 0 aliphatic rings. The highest BCUT2D eigenvalue weighted by atomic mass is 79.9. The molecule has 2 aromatic rings. The maximum absolute atomic E-state index is 12.2. The Balaban J connectivity index is 2.41. The lowest BCUT2D eigenvalue weighted by atomic mass is 10.1. The van der Waals surface area contributed by atoms with Crippen molar-refractivity contribution >= 4 is 38.9 Å². The third-order valence-corrected chi connectivity index (χ3v) is 3.64. The van der Waals surface area contributed by atoms with E-state index in [0.717, 1.165) is 16.6 Å². The molecule has 0 saturated carbocycles. The number of rotatable bonds is 4. The molecule has 2 rings (SSSR count). The average Bonchev–Trinajstić information content (AvgIpc) is 2.49. The van der Waals surface area contributed by atoms with Gasteiger partial charge in [0, 0.05) is 22.3 Å². The summed E-state index contributed by atoms with van der Waals surface area (Å²) in [7, 11) is 0. The van der Waals surface area contributed by atoms with E-state index in [0.29, 0.717) is 5.69 Å². The summed E-state index contributed by atoms with van der Waals surface area (Å²) in [4.78, 5) is 32.7. The van der Waals surface area contributed by atoms with Gasteiger partial charge < -0.3 is 5.32 Å². The molecule has 1 N–H and O–H groups in total. The number of nitrogens with one attached hydrogen (secondary N) is 1. The van der Waals surface area contributed by atoms with Gasteiger partial charge in [0.25, 0.3) is 17.3 Å². The van der Waals surface area contributed by atoms with E-state index in [-0.39, 0.29) is 11.1 Å². The number of hydrogen-bond donors (Lipinski definition) is 1. The summed E-state index contributed by atoms with van der Waals surface area (Å²) in [6.07, 6.45) is 0. The summed E-state index contributed by atoms with van der Waals surface area (Å²) >= 11 is 3.25. The van der Waals surface area contributed by atoms with Gasteiger partial charge in [0.1, 0.15) is 5.56 Å². The number of anilines is 1. The van der Waals surface area contributed by atoms with Gasteiger partial charge >= 0.3 is 0 Å². The fourth-order valence-electron chi connectivity index (χ4n) is 1.93. The van der Waals surface area contributed by atoms with Crippen LogP contribution < -0.4 is 5.32 Å². The summed E-state index contributed by atoms with van der Waals surface area (Å²) in [6.45, 7) is 1.27. The van der Waals surface area contributed by atoms with E-state index in [1.807, 2.05) is 0 Å². The largest absolute Gasteiger partial charge is 0.322 e. The monoisotopic (exact) mass is 379 g/mol. The quantitative estimate of drug-likeness (QED) is 0.639. The molecule has 0 radical (unpaired) electrons. The molecular weight excluding hydrogens is 370 g/mol. The van der Waals surface area contributed by atoms with Crippen LogP contribution >= 0.6 is 15.9 Å². The first-order chi connectivity index (χ1) is 10.8. The normalized spacial score (nSPS) is 10.2. The molecule has 1 amide bonds. The number of nitro benzene ring substituents is 2. The van der Waals surface area contributed by atoms with Crippen LogP contribution in [0.3, 0.4) is 0 Å². The van der Waals surface area contributed by atoms with Crippen LogP contribution in [0.25, 0.3) is 0 Å². The molecule has 0 aromatic heterocycles. The molecule has 0 aliphatic carbocycles. The topological polar surface area (TPSA) is 115 Å². The van der Waals surface area contributed by atoms with Gasteiger partial charge in [-0.2, -0.15) is 0 Å². The van der Waals surface area contributed by atoms with Gasteiger partial charge in [0.15, 0.2) is 0 Å². The molecule has 0 unspecified atom stereocenters. The zero-order valence-electron chi connectivity index (χ0n) is 11.8. The van der Waals surface area contributed by atoms with E-state index in [4.69, 9.17) is 0 Å². The number of nitrogens with zero attached hydrogens (tertiary/aromatic N) is 2. The Morgan fingerprint density at radius 1 is 1.04 bits per heavy atom. The Kier molecular flexibility index (Phi) is 4.70. The predicted octanol–water partition coefficient (Wildman–Crippen LogP) is 3.83. The van der Waals surface area contributed by atoms with Crippen molar-refractivity contribution in [2.24, 2.45) is 0 Å². The molecule has 2 aromatic carbocycles. The molecule has 23 heavy (non-hydrogen) atoms. The maximum Gasteiger partial charge on any atom is 0.279 e. The number of carbonyl (C=O) groups excluding carboxylic acids is 1. The summed E-state index contributed by atoms with van der Waals surface area (Å²) in [5, 5.41) is 24.6. The number of benzene rings is 2. The summed E-state index contributed by atoms with van der Waals surface area (Å²) in [6, 6.07) is 8.70. The molecule has 0 saturated heterocycles. The van der Waals surface area contributed by atoms with Crippen molar-refractivity contribution < 1.29 is 14.6 Å². The molecular formula is C14H10BrN3O5. The summed E-state index contributed by atoms with van der Waals surface area (Å²) in [5.74, 6) is -0.668. The SMILES string of the molecule is Cc1c([N+](=O)[O-])cc(C(=O)Nc2ccc(Br)cc2)cc1[N+](=O)[O-]. The van der Waals surface area contributed by atoms with Crippen LogP contribution in [0.4, 0.5) is 17.1 Å². The first-order valence-electron chi connectivity index (χ1n) is 6.30. The van der Waals surface area contributed by atoms with Crippen LogP contribution in [0.1, 0.15) is 15.9 Å². The van der Waals surface area contributed by atoms with Crippen molar-refractivity contribution in [2.75, 3.05) is 5.32 Å². The second-order valence-electron chi connectivity index (χ2n) is 4.61. The molecule has 0 bridgehead atoms. The lowest BCUT2D eigenvalue weighted by Crippen LogP contribution is -2.13. The van der Waals surface area contributed by atoms with E-state index in [2.05, 4.69) is 21.2 Å². The smallest absolute Gasteiger partial charge is 0.279 e. The number of amides is 1. The first-order valence-corrected chi connectivity index (χ1v) is 7.09. The van der Waals surface area contributed by atoms with Crippen LogP contribution in [0.5, 0.6) is 0 Å². The van der Waals surface area contributed by atoms with Gasteiger partial charge in [-0.3, -0.25) is 25.0 Å². The second kappa shape index (κ2) is 6.53. The van der Waals surface area contributed by atoms with Crippen molar-refractivity contribution in [2.45, 2.75) is 6.92 Å². The first kappa shape index (κ1) is 16.6. The van der Waals surface area contributed by atoms with Gasteiger partial charge in [-0.1, -0.05) is 15.9 Å². The molecule has 0 fully saturated rings. The lowest BCUT2D eigenvalue weighted by Gasteiger charge is -2.07. The number of halogens is 1. The van der Waals surface area contributed by atoms with Crippen molar-refractivity contribution in [1.29, 1.82) is 0 Å². The van der Waals surface area contributed by atoms with Crippen LogP contribution in [-0.4, -0.2) is 15.8 Å². The van der Waals surface area contributed by atoms with Crippen molar-refractivity contribution in [3.05, 3.63) is 72.2 Å². The number of carbonyl (C=O) groups is 1. The minimum absolute atomic E-state index is 0.0970. The Bertz CT molecular complexity index is 770. The fourth-order valence-corrected chi connectivity index (χ4v) is 2.20. The molecule has 8 nitrogen and oxygen atoms in total. The van der Waals surface area contributed by atoms with Gasteiger partial charge in [-0.25, -0.2) is 0 Å². The van der Waals surface area contributed by atoms with E-state index >= 15 is 0 Å². The van der Waals surface area contributed by atoms with Crippen molar-refractivity contribution in [3.63, 3.8) is 0 Å². The Morgan fingerprint density at radius 2 is 1.52 bits per heavy atom. The van der Waals surface area contributed by atoms with E-state index < -0.39 is 27.1 Å². The zero-order chi connectivity index (χ0) is 17.1. The molecule has 9 heteroatoms. The highest BCUT2D eigenvalue weighted by molar-refractivity contribution is 9.10. The van der Waals surface area contributed by atoms with Crippen LogP contribution in [0.2, 0.25) is 0 Å². The molecule has 0 atom stereocenters.